The van der Waals surface area contributed by atoms with Gasteiger partial charge in [0.2, 0.25) is 0 Å². The highest BCUT2D eigenvalue weighted by Crippen LogP contribution is 2.30. The molecule has 0 saturated heterocycles. The number of urea groups is 1. The zero-order chi connectivity index (χ0) is 19.2. The largest absolute Gasteiger partial charge is 0.333 e. The Labute approximate surface area is 164 Å². The first-order valence-corrected chi connectivity index (χ1v) is 9.71. The van der Waals surface area contributed by atoms with E-state index >= 15 is 0 Å². The van der Waals surface area contributed by atoms with Crippen molar-refractivity contribution in [3.8, 4) is 11.1 Å². The smallest absolute Gasteiger partial charge is 0.307 e. The van der Waals surface area contributed by atoms with Gasteiger partial charge in [-0.1, -0.05) is 54.1 Å². The van der Waals surface area contributed by atoms with Crippen LogP contribution in [0, 0.1) is 13.8 Å². The van der Waals surface area contributed by atoms with Crippen LogP contribution in [0.5, 0.6) is 0 Å². The molecule has 0 aliphatic carbocycles. The van der Waals surface area contributed by atoms with Crippen molar-refractivity contribution in [1.29, 1.82) is 0 Å². The number of hydrogen-bond acceptors (Lipinski definition) is 3. The molecule has 27 heavy (non-hydrogen) atoms. The molecular formula is C22H23N3OS. The van der Waals surface area contributed by atoms with E-state index < -0.39 is 6.03 Å². The molecule has 3 aromatic carbocycles. The molecular weight excluding hydrogens is 354 g/mol. The third-order valence-electron chi connectivity index (χ3n) is 4.41. The maximum Gasteiger partial charge on any atom is 0.333 e. The van der Waals surface area contributed by atoms with E-state index in [0.29, 0.717) is 0 Å². The Morgan fingerprint density at radius 1 is 0.926 bits per heavy atom. The third-order valence-corrected chi connectivity index (χ3v) is 5.45. The summed E-state index contributed by atoms with van der Waals surface area (Å²) in [5.41, 5.74) is 8.79. The molecule has 4 N–H and O–H groups in total. The van der Waals surface area contributed by atoms with Crippen molar-refractivity contribution in [2.75, 3.05) is 5.32 Å². The van der Waals surface area contributed by atoms with Gasteiger partial charge in [-0.3, -0.25) is 5.43 Å². The molecule has 3 aromatic rings. The van der Waals surface area contributed by atoms with Gasteiger partial charge in [0.25, 0.3) is 0 Å². The van der Waals surface area contributed by atoms with Gasteiger partial charge in [-0.25, -0.2) is 10.6 Å². The number of thioether (sulfide) groups is 1. The second-order valence-electron chi connectivity index (χ2n) is 6.38. The summed E-state index contributed by atoms with van der Waals surface area (Å²) in [5.74, 6) is 5.94. The standard InChI is InChI=1S/C22H23N3OS/c1-15-6-8-17(9-7-15)18-10-12-19(13-11-18)27-14-20-16(2)4-3-5-21(20)24-22(26)25-23/h3-13H,14,23H2,1-2H3,(H2,24,25,26). The normalized spacial score (nSPS) is 10.5. The molecule has 0 aromatic heterocycles. The molecule has 0 spiro atoms. The molecule has 3 rings (SSSR count). The number of carbonyl (C=O) groups excluding carboxylic acids is 1. The first-order chi connectivity index (χ1) is 13.1. The van der Waals surface area contributed by atoms with Crippen LogP contribution in [0.1, 0.15) is 16.7 Å². The summed E-state index contributed by atoms with van der Waals surface area (Å²) in [6, 6.07) is 22.5. The molecule has 0 heterocycles. The minimum atomic E-state index is -0.422. The first kappa shape index (κ1) is 19.0. The van der Waals surface area contributed by atoms with Crippen molar-refractivity contribution in [3.63, 3.8) is 0 Å². The third kappa shape index (κ3) is 4.90. The van der Waals surface area contributed by atoms with Gasteiger partial charge in [0.1, 0.15) is 0 Å². The number of amides is 2. The van der Waals surface area contributed by atoms with Gasteiger partial charge in [-0.15, -0.1) is 11.8 Å². The lowest BCUT2D eigenvalue weighted by atomic mass is 10.0. The highest BCUT2D eigenvalue weighted by Gasteiger charge is 2.09. The molecule has 0 fully saturated rings. The van der Waals surface area contributed by atoms with E-state index in [-0.39, 0.29) is 0 Å². The molecule has 0 radical (unpaired) electrons. The zero-order valence-electron chi connectivity index (χ0n) is 15.5. The number of carbonyl (C=O) groups is 1. The minimum absolute atomic E-state index is 0.422. The molecule has 0 atom stereocenters. The second kappa shape index (κ2) is 8.75. The second-order valence-corrected chi connectivity index (χ2v) is 7.43. The summed E-state index contributed by atoms with van der Waals surface area (Å²) in [5, 5.41) is 2.78. The van der Waals surface area contributed by atoms with Crippen LogP contribution in [-0.2, 0) is 5.75 Å². The fraction of sp³-hybridized carbons (Fsp3) is 0.136. The monoisotopic (exact) mass is 377 g/mol. The van der Waals surface area contributed by atoms with Crippen molar-refractivity contribution in [2.24, 2.45) is 5.84 Å². The lowest BCUT2D eigenvalue weighted by Gasteiger charge is -2.13. The Bertz CT molecular complexity index is 921. The molecule has 5 heteroatoms. The average molecular weight is 378 g/mol. The molecule has 0 bridgehead atoms. The van der Waals surface area contributed by atoms with Crippen LogP contribution in [0.25, 0.3) is 11.1 Å². The lowest BCUT2D eigenvalue weighted by Crippen LogP contribution is -2.34. The Morgan fingerprint density at radius 3 is 2.19 bits per heavy atom. The Morgan fingerprint density at radius 2 is 1.56 bits per heavy atom. The summed E-state index contributed by atoms with van der Waals surface area (Å²) in [4.78, 5) is 12.7. The minimum Gasteiger partial charge on any atom is -0.307 e. The summed E-state index contributed by atoms with van der Waals surface area (Å²) < 4.78 is 0. The first-order valence-electron chi connectivity index (χ1n) is 8.73. The van der Waals surface area contributed by atoms with Crippen LogP contribution >= 0.6 is 11.8 Å². The summed E-state index contributed by atoms with van der Waals surface area (Å²) in [7, 11) is 0. The predicted molar refractivity (Wildman–Crippen MR) is 114 cm³/mol. The fourth-order valence-electron chi connectivity index (χ4n) is 2.81. The van der Waals surface area contributed by atoms with E-state index in [2.05, 4.69) is 66.2 Å². The lowest BCUT2D eigenvalue weighted by molar-refractivity contribution is 0.252. The summed E-state index contributed by atoms with van der Waals surface area (Å²) >= 11 is 1.74. The van der Waals surface area contributed by atoms with Crippen molar-refractivity contribution in [1.82, 2.24) is 5.43 Å². The zero-order valence-corrected chi connectivity index (χ0v) is 16.3. The molecule has 0 saturated carbocycles. The van der Waals surface area contributed by atoms with E-state index in [1.54, 1.807) is 11.8 Å². The quantitative estimate of drug-likeness (QED) is 0.246. The summed E-state index contributed by atoms with van der Waals surface area (Å²) in [6.45, 7) is 4.14. The van der Waals surface area contributed by atoms with Crippen LogP contribution in [0.15, 0.2) is 71.6 Å². The number of nitrogens with one attached hydrogen (secondary N) is 2. The van der Waals surface area contributed by atoms with Gasteiger partial charge in [0.15, 0.2) is 0 Å². The molecule has 4 nitrogen and oxygen atoms in total. The van der Waals surface area contributed by atoms with E-state index in [4.69, 9.17) is 5.84 Å². The number of rotatable bonds is 5. The maximum atomic E-state index is 11.6. The molecule has 0 unspecified atom stereocenters. The van der Waals surface area contributed by atoms with Gasteiger partial charge in [0.05, 0.1) is 0 Å². The SMILES string of the molecule is Cc1ccc(-c2ccc(SCc3c(C)cccc3NC(=O)NN)cc2)cc1. The van der Waals surface area contributed by atoms with Gasteiger partial charge < -0.3 is 5.32 Å². The van der Waals surface area contributed by atoms with Gasteiger partial charge in [0, 0.05) is 16.3 Å². The Hall–Kier alpha value is -2.76. The number of nitrogens with two attached hydrogens (primary N) is 1. The molecule has 2 amide bonds. The van der Waals surface area contributed by atoms with E-state index in [1.165, 1.54) is 21.6 Å². The Kier molecular flexibility index (Phi) is 6.16. The van der Waals surface area contributed by atoms with Crippen LogP contribution < -0.4 is 16.6 Å². The summed E-state index contributed by atoms with van der Waals surface area (Å²) in [6.07, 6.45) is 0. The van der Waals surface area contributed by atoms with Crippen molar-refractivity contribution < 1.29 is 4.79 Å². The van der Waals surface area contributed by atoms with Crippen molar-refractivity contribution in [3.05, 3.63) is 83.4 Å². The van der Waals surface area contributed by atoms with E-state index in [0.717, 1.165) is 22.6 Å². The topological polar surface area (TPSA) is 67.2 Å². The van der Waals surface area contributed by atoms with Crippen LogP contribution in [0.2, 0.25) is 0 Å². The number of aryl methyl sites for hydroxylation is 2. The average Bonchev–Trinajstić information content (AvgIpc) is 2.68. The number of anilines is 1. The molecule has 138 valence electrons. The predicted octanol–water partition coefficient (Wildman–Crippen LogP) is 5.26. The van der Waals surface area contributed by atoms with E-state index in [9.17, 15) is 4.79 Å². The van der Waals surface area contributed by atoms with Gasteiger partial charge in [-0.2, -0.15) is 0 Å². The van der Waals surface area contributed by atoms with E-state index in [1.807, 2.05) is 25.1 Å². The van der Waals surface area contributed by atoms with Crippen LogP contribution in [-0.4, -0.2) is 6.03 Å². The van der Waals surface area contributed by atoms with Crippen molar-refractivity contribution >= 4 is 23.5 Å². The molecule has 0 aliphatic heterocycles. The number of hydrogen-bond donors (Lipinski definition) is 3. The van der Waals surface area contributed by atoms with Crippen molar-refractivity contribution in [2.45, 2.75) is 24.5 Å². The Balaban J connectivity index is 1.72. The van der Waals surface area contributed by atoms with Gasteiger partial charge in [-0.05, 0) is 54.3 Å². The van der Waals surface area contributed by atoms with Crippen LogP contribution in [0.4, 0.5) is 10.5 Å². The number of hydrazine groups is 1. The highest BCUT2D eigenvalue weighted by molar-refractivity contribution is 7.98. The van der Waals surface area contributed by atoms with Crippen LogP contribution in [0.3, 0.4) is 0 Å². The molecule has 0 aliphatic rings. The fourth-order valence-corrected chi connectivity index (χ4v) is 3.84. The highest BCUT2D eigenvalue weighted by atomic mass is 32.2. The van der Waals surface area contributed by atoms with Gasteiger partial charge >= 0.3 is 6.03 Å². The maximum absolute atomic E-state index is 11.6. The number of benzene rings is 3.